The highest BCUT2D eigenvalue weighted by Crippen LogP contribution is 2.36. The molecule has 1 N–H and O–H groups in total. The summed E-state index contributed by atoms with van der Waals surface area (Å²) in [7, 11) is 0. The van der Waals surface area contributed by atoms with Gasteiger partial charge in [-0.25, -0.2) is 4.79 Å². The molecule has 7 heteroatoms. The van der Waals surface area contributed by atoms with Crippen molar-refractivity contribution in [1.29, 1.82) is 5.26 Å². The van der Waals surface area contributed by atoms with Crippen molar-refractivity contribution >= 4 is 28.4 Å². The number of nitriles is 1. The van der Waals surface area contributed by atoms with Gasteiger partial charge < -0.3 is 10.1 Å². The molecule has 1 aliphatic carbocycles. The maximum Gasteiger partial charge on any atom is 0.414 e. The normalized spacial score (nSPS) is 16.9. The van der Waals surface area contributed by atoms with Crippen LogP contribution in [0.15, 0.2) is 42.5 Å². The molecule has 0 radical (unpaired) electrons. The Morgan fingerprint density at radius 1 is 1.17 bits per heavy atom. The van der Waals surface area contributed by atoms with Gasteiger partial charge in [-0.15, -0.1) is 10.2 Å². The summed E-state index contributed by atoms with van der Waals surface area (Å²) in [6, 6.07) is 16.3. The van der Waals surface area contributed by atoms with E-state index in [0.717, 1.165) is 33.4 Å². The number of hydrogen-bond acceptors (Lipinski definition) is 6. The molecule has 2 aromatic carbocycles. The van der Waals surface area contributed by atoms with Crippen molar-refractivity contribution in [3.05, 3.63) is 48.2 Å². The molecule has 2 heterocycles. The lowest BCUT2D eigenvalue weighted by Crippen LogP contribution is -2.23. The van der Waals surface area contributed by atoms with E-state index in [9.17, 15) is 10.1 Å². The van der Waals surface area contributed by atoms with Crippen LogP contribution in [0.2, 0.25) is 0 Å². The first-order valence-corrected chi connectivity index (χ1v) is 10.2. The van der Waals surface area contributed by atoms with Gasteiger partial charge in [0, 0.05) is 17.1 Å². The standard InChI is InChI=1S/C23H21N5O2/c1-14(15-2-3-15)25-22-19-9-6-17(12-20(19)26-27-21(22)13-24)16-4-7-18(8-5-16)28-10-11-30-23(28)29/h4-9,12,14-15H,2-3,10-11H2,1H3,(H,25,26). The van der Waals surface area contributed by atoms with Gasteiger partial charge in [-0.3, -0.25) is 4.90 Å². The van der Waals surface area contributed by atoms with E-state index in [2.05, 4.69) is 28.5 Å². The number of benzene rings is 2. The van der Waals surface area contributed by atoms with Crippen LogP contribution in [0.4, 0.5) is 16.2 Å². The van der Waals surface area contributed by atoms with E-state index in [1.165, 1.54) is 12.8 Å². The number of ether oxygens (including phenoxy) is 1. The molecule has 1 unspecified atom stereocenters. The lowest BCUT2D eigenvalue weighted by atomic mass is 10.0. The number of nitrogens with zero attached hydrogens (tertiary/aromatic N) is 4. The van der Waals surface area contributed by atoms with Gasteiger partial charge in [0.2, 0.25) is 0 Å². The van der Waals surface area contributed by atoms with Crippen molar-refractivity contribution in [2.75, 3.05) is 23.4 Å². The largest absolute Gasteiger partial charge is 0.447 e. The molecule has 0 bridgehead atoms. The van der Waals surface area contributed by atoms with Crippen molar-refractivity contribution in [2.45, 2.75) is 25.8 Å². The van der Waals surface area contributed by atoms with Crippen molar-refractivity contribution in [3.8, 4) is 17.2 Å². The minimum atomic E-state index is -0.308. The first-order valence-electron chi connectivity index (χ1n) is 10.2. The minimum absolute atomic E-state index is 0.300. The molecular weight excluding hydrogens is 378 g/mol. The Morgan fingerprint density at radius 3 is 2.60 bits per heavy atom. The van der Waals surface area contributed by atoms with Crippen molar-refractivity contribution in [2.24, 2.45) is 5.92 Å². The average Bonchev–Trinajstić information content (AvgIpc) is 3.55. The summed E-state index contributed by atoms with van der Waals surface area (Å²) >= 11 is 0. The second kappa shape index (κ2) is 7.30. The highest BCUT2D eigenvalue weighted by Gasteiger charge is 2.29. The lowest BCUT2D eigenvalue weighted by Gasteiger charge is -2.17. The topological polar surface area (TPSA) is 91.1 Å². The van der Waals surface area contributed by atoms with E-state index in [1.807, 2.05) is 42.5 Å². The number of fused-ring (bicyclic) bond motifs is 1. The molecule has 2 aliphatic rings. The van der Waals surface area contributed by atoms with Crippen molar-refractivity contribution in [3.63, 3.8) is 0 Å². The van der Waals surface area contributed by atoms with Gasteiger partial charge in [0.15, 0.2) is 5.69 Å². The third kappa shape index (κ3) is 3.30. The summed E-state index contributed by atoms with van der Waals surface area (Å²) in [6.07, 6.45) is 2.14. The molecule has 1 aliphatic heterocycles. The Bertz CT molecular complexity index is 1160. The van der Waals surface area contributed by atoms with Crippen LogP contribution in [-0.4, -0.2) is 35.5 Å². The van der Waals surface area contributed by atoms with Crippen molar-refractivity contribution in [1.82, 2.24) is 10.2 Å². The van der Waals surface area contributed by atoms with Crippen LogP contribution in [0.3, 0.4) is 0 Å². The number of nitrogens with one attached hydrogen (secondary N) is 1. The van der Waals surface area contributed by atoms with Gasteiger partial charge in [-0.1, -0.05) is 18.2 Å². The van der Waals surface area contributed by atoms with Crippen LogP contribution in [0.25, 0.3) is 22.0 Å². The summed E-state index contributed by atoms with van der Waals surface area (Å²) in [4.78, 5) is 13.4. The maximum atomic E-state index is 11.7. The molecule has 1 saturated heterocycles. The Labute approximate surface area is 174 Å². The second-order valence-electron chi connectivity index (χ2n) is 7.85. The van der Waals surface area contributed by atoms with Gasteiger partial charge >= 0.3 is 6.09 Å². The Morgan fingerprint density at radius 2 is 1.93 bits per heavy atom. The highest BCUT2D eigenvalue weighted by molar-refractivity contribution is 5.95. The number of carbonyl (C=O) groups is 1. The fourth-order valence-corrected chi connectivity index (χ4v) is 3.91. The van der Waals surface area contributed by atoms with Gasteiger partial charge in [0.1, 0.15) is 12.7 Å². The number of amides is 1. The number of carbonyl (C=O) groups excluding carboxylic acids is 1. The van der Waals surface area contributed by atoms with E-state index < -0.39 is 0 Å². The third-order valence-electron chi connectivity index (χ3n) is 5.84. The molecule has 150 valence electrons. The third-order valence-corrected chi connectivity index (χ3v) is 5.84. The minimum Gasteiger partial charge on any atom is -0.447 e. The van der Waals surface area contributed by atoms with Gasteiger partial charge in [0.05, 0.1) is 17.7 Å². The van der Waals surface area contributed by atoms with Gasteiger partial charge in [0.25, 0.3) is 0 Å². The molecule has 3 aromatic rings. The van der Waals surface area contributed by atoms with E-state index in [-0.39, 0.29) is 6.09 Å². The van der Waals surface area contributed by atoms with Crippen LogP contribution < -0.4 is 10.2 Å². The highest BCUT2D eigenvalue weighted by atomic mass is 16.6. The molecule has 1 atom stereocenters. The fourth-order valence-electron chi connectivity index (χ4n) is 3.91. The first kappa shape index (κ1) is 18.4. The zero-order valence-corrected chi connectivity index (χ0v) is 16.6. The Balaban J connectivity index is 1.47. The molecular formula is C23H21N5O2. The molecule has 30 heavy (non-hydrogen) atoms. The zero-order chi connectivity index (χ0) is 20.7. The Hall–Kier alpha value is -3.66. The quantitative estimate of drug-likeness (QED) is 0.686. The molecule has 1 saturated carbocycles. The van der Waals surface area contributed by atoms with Crippen molar-refractivity contribution < 1.29 is 9.53 Å². The van der Waals surface area contributed by atoms with Gasteiger partial charge in [-0.05, 0) is 61.1 Å². The number of aromatic nitrogens is 2. The smallest absolute Gasteiger partial charge is 0.414 e. The summed E-state index contributed by atoms with van der Waals surface area (Å²) in [6.45, 7) is 3.14. The van der Waals surface area contributed by atoms with E-state index in [0.29, 0.717) is 30.8 Å². The molecule has 7 nitrogen and oxygen atoms in total. The van der Waals surface area contributed by atoms with Crippen LogP contribution in [0, 0.1) is 17.2 Å². The van der Waals surface area contributed by atoms with Crippen LogP contribution >= 0.6 is 0 Å². The van der Waals surface area contributed by atoms with E-state index >= 15 is 0 Å². The van der Waals surface area contributed by atoms with E-state index in [4.69, 9.17) is 4.74 Å². The van der Waals surface area contributed by atoms with Gasteiger partial charge in [-0.2, -0.15) is 5.26 Å². The van der Waals surface area contributed by atoms with E-state index in [1.54, 1.807) is 4.90 Å². The van der Waals surface area contributed by atoms with Crippen LogP contribution in [0.1, 0.15) is 25.5 Å². The SMILES string of the molecule is CC(Nc1c(C#N)nnc2cc(-c3ccc(N4CCOC4=O)cc3)ccc12)C1CC1. The monoisotopic (exact) mass is 399 g/mol. The number of anilines is 2. The fraction of sp³-hybridized carbons (Fsp3) is 0.304. The van der Waals surface area contributed by atoms with Crippen LogP contribution in [-0.2, 0) is 4.74 Å². The summed E-state index contributed by atoms with van der Waals surface area (Å²) in [5, 5.41) is 22.3. The summed E-state index contributed by atoms with van der Waals surface area (Å²) < 4.78 is 5.00. The zero-order valence-electron chi connectivity index (χ0n) is 16.6. The molecule has 1 aromatic heterocycles. The predicted octanol–water partition coefficient (Wildman–Crippen LogP) is 4.34. The molecule has 5 rings (SSSR count). The number of rotatable bonds is 5. The summed E-state index contributed by atoms with van der Waals surface area (Å²) in [5.41, 5.74) is 4.66. The van der Waals surface area contributed by atoms with Crippen LogP contribution in [0.5, 0.6) is 0 Å². The lowest BCUT2D eigenvalue weighted by molar-refractivity contribution is 0.181. The summed E-state index contributed by atoms with van der Waals surface area (Å²) in [5.74, 6) is 0.658. The first-order chi connectivity index (χ1) is 14.6. The number of cyclic esters (lactones) is 1. The second-order valence-corrected chi connectivity index (χ2v) is 7.85. The Kier molecular flexibility index (Phi) is 4.47. The maximum absolute atomic E-state index is 11.7. The number of hydrogen-bond donors (Lipinski definition) is 1. The molecule has 0 spiro atoms. The molecule has 1 amide bonds. The average molecular weight is 399 g/mol. The predicted molar refractivity (Wildman–Crippen MR) is 114 cm³/mol. The molecule has 2 fully saturated rings.